The van der Waals surface area contributed by atoms with Crippen LogP contribution in [0, 0.1) is 5.41 Å². The second-order valence-corrected chi connectivity index (χ2v) is 6.63. The van der Waals surface area contributed by atoms with Crippen LogP contribution in [0.1, 0.15) is 33.3 Å². The Morgan fingerprint density at radius 2 is 1.91 bits per heavy atom. The Morgan fingerprint density at radius 1 is 1.27 bits per heavy atom. The van der Waals surface area contributed by atoms with Gasteiger partial charge in [-0.15, -0.1) is 0 Å². The number of carbonyl (C=O) groups is 2. The van der Waals surface area contributed by atoms with E-state index in [1.54, 1.807) is 0 Å². The predicted molar refractivity (Wildman–Crippen MR) is 82.1 cm³/mol. The third-order valence-electron chi connectivity index (χ3n) is 3.63. The first-order valence-electron chi connectivity index (χ1n) is 7.42. The van der Waals surface area contributed by atoms with E-state index in [-0.39, 0.29) is 24.4 Å². The summed E-state index contributed by atoms with van der Waals surface area (Å²) in [6.07, 6.45) is -0.980. The first-order valence-corrected chi connectivity index (χ1v) is 7.42. The van der Waals surface area contributed by atoms with Crippen molar-refractivity contribution in [3.8, 4) is 0 Å². The van der Waals surface area contributed by atoms with Gasteiger partial charge in [0.05, 0.1) is 6.61 Å². The Hall–Kier alpha value is -1.88. The molecule has 0 radical (unpaired) electrons. The molecule has 1 heterocycles. The summed E-state index contributed by atoms with van der Waals surface area (Å²) in [6.45, 7) is 7.78. The minimum atomic E-state index is -0.576. The minimum absolute atomic E-state index is 0.0941. The molecule has 0 saturated carbocycles. The Balaban J connectivity index is 2.10. The van der Waals surface area contributed by atoms with Gasteiger partial charge in [0.25, 0.3) is 0 Å². The molecule has 5 heteroatoms. The highest BCUT2D eigenvalue weighted by molar-refractivity contribution is 5.86. The molecule has 2 rings (SSSR count). The standard InChI is InChI=1S/C17H23NO4/c1-12(19)14-11-21-15(17(2,3)4)18(14)16(20)22-10-13-8-6-5-7-9-13/h5-9,14-15H,10-11H2,1-4H3/t14-,15+/m1/s1. The maximum absolute atomic E-state index is 12.5. The molecule has 5 nitrogen and oxygen atoms in total. The second kappa shape index (κ2) is 6.48. The van der Waals surface area contributed by atoms with Gasteiger partial charge in [0, 0.05) is 5.41 Å². The Bertz CT molecular complexity index is 535. The van der Waals surface area contributed by atoms with Crippen LogP contribution in [0.15, 0.2) is 30.3 Å². The highest BCUT2D eigenvalue weighted by Crippen LogP contribution is 2.32. The molecule has 0 spiro atoms. The van der Waals surface area contributed by atoms with Crippen molar-refractivity contribution in [2.75, 3.05) is 6.61 Å². The van der Waals surface area contributed by atoms with Gasteiger partial charge in [0.2, 0.25) is 0 Å². The number of ether oxygens (including phenoxy) is 2. The van der Waals surface area contributed by atoms with Gasteiger partial charge in [-0.2, -0.15) is 0 Å². The lowest BCUT2D eigenvalue weighted by atomic mass is 9.93. The van der Waals surface area contributed by atoms with E-state index < -0.39 is 18.4 Å². The van der Waals surface area contributed by atoms with Crippen LogP contribution < -0.4 is 0 Å². The Labute approximate surface area is 131 Å². The van der Waals surface area contributed by atoms with Crippen molar-refractivity contribution < 1.29 is 19.1 Å². The highest BCUT2D eigenvalue weighted by Gasteiger charge is 2.46. The van der Waals surface area contributed by atoms with Crippen molar-refractivity contribution >= 4 is 11.9 Å². The van der Waals surface area contributed by atoms with Crippen molar-refractivity contribution in [1.29, 1.82) is 0 Å². The number of Topliss-reactive ketones (excluding diaryl/α,β-unsaturated/α-hetero) is 1. The quantitative estimate of drug-likeness (QED) is 0.861. The molecule has 1 saturated heterocycles. The topological polar surface area (TPSA) is 55.8 Å². The van der Waals surface area contributed by atoms with Crippen molar-refractivity contribution in [2.24, 2.45) is 5.41 Å². The molecule has 0 N–H and O–H groups in total. The third-order valence-corrected chi connectivity index (χ3v) is 3.63. The van der Waals surface area contributed by atoms with E-state index in [1.807, 2.05) is 51.1 Å². The van der Waals surface area contributed by atoms with Gasteiger partial charge in [-0.25, -0.2) is 4.79 Å². The van der Waals surface area contributed by atoms with E-state index >= 15 is 0 Å². The van der Waals surface area contributed by atoms with Crippen molar-refractivity contribution in [3.05, 3.63) is 35.9 Å². The molecule has 1 aromatic rings. The van der Waals surface area contributed by atoms with Gasteiger partial charge in [-0.05, 0) is 12.5 Å². The van der Waals surface area contributed by atoms with Crippen LogP contribution in [0.25, 0.3) is 0 Å². The molecule has 1 amide bonds. The van der Waals surface area contributed by atoms with Crippen molar-refractivity contribution in [2.45, 2.75) is 46.6 Å². The fraction of sp³-hybridized carbons (Fsp3) is 0.529. The molecule has 22 heavy (non-hydrogen) atoms. The van der Waals surface area contributed by atoms with Crippen LogP contribution in [0.5, 0.6) is 0 Å². The summed E-state index contributed by atoms with van der Waals surface area (Å²) in [5.41, 5.74) is 0.610. The largest absolute Gasteiger partial charge is 0.444 e. The number of amides is 1. The summed E-state index contributed by atoms with van der Waals surface area (Å²) < 4.78 is 11.1. The molecule has 1 fully saturated rings. The van der Waals surface area contributed by atoms with Crippen LogP contribution in [-0.4, -0.2) is 35.7 Å². The van der Waals surface area contributed by atoms with Gasteiger partial charge in [-0.1, -0.05) is 51.1 Å². The van der Waals surface area contributed by atoms with E-state index in [9.17, 15) is 9.59 Å². The monoisotopic (exact) mass is 305 g/mol. The summed E-state index contributed by atoms with van der Waals surface area (Å²) >= 11 is 0. The van der Waals surface area contributed by atoms with Crippen LogP contribution in [0.4, 0.5) is 4.79 Å². The number of rotatable bonds is 3. The summed E-state index contributed by atoms with van der Waals surface area (Å²) in [6, 6.07) is 8.87. The molecule has 0 bridgehead atoms. The molecular formula is C17H23NO4. The van der Waals surface area contributed by atoms with E-state index in [0.29, 0.717) is 0 Å². The van der Waals surface area contributed by atoms with E-state index in [0.717, 1.165) is 5.56 Å². The van der Waals surface area contributed by atoms with E-state index in [1.165, 1.54) is 11.8 Å². The predicted octanol–water partition coefficient (Wildman–Crippen LogP) is 2.99. The molecule has 0 unspecified atom stereocenters. The second-order valence-electron chi connectivity index (χ2n) is 6.63. The molecule has 120 valence electrons. The lowest BCUT2D eigenvalue weighted by Crippen LogP contribution is -2.49. The average molecular weight is 305 g/mol. The van der Waals surface area contributed by atoms with Crippen LogP contribution in [-0.2, 0) is 20.9 Å². The summed E-state index contributed by atoms with van der Waals surface area (Å²) in [5.74, 6) is -0.0941. The van der Waals surface area contributed by atoms with Gasteiger partial charge in [0.1, 0.15) is 18.9 Å². The zero-order chi connectivity index (χ0) is 16.3. The number of benzene rings is 1. The van der Waals surface area contributed by atoms with Gasteiger partial charge >= 0.3 is 6.09 Å². The molecule has 0 aliphatic carbocycles. The molecule has 2 atom stereocenters. The number of ketones is 1. The van der Waals surface area contributed by atoms with Crippen LogP contribution in [0.2, 0.25) is 0 Å². The van der Waals surface area contributed by atoms with Gasteiger partial charge in [0.15, 0.2) is 5.78 Å². The number of hydrogen-bond donors (Lipinski definition) is 0. The van der Waals surface area contributed by atoms with Gasteiger partial charge in [-0.3, -0.25) is 9.69 Å². The molecule has 1 aliphatic heterocycles. The van der Waals surface area contributed by atoms with Crippen molar-refractivity contribution in [1.82, 2.24) is 4.90 Å². The smallest absolute Gasteiger partial charge is 0.412 e. The SMILES string of the molecule is CC(=O)[C@H]1CO[C@@H](C(C)(C)C)N1C(=O)OCc1ccccc1. The van der Waals surface area contributed by atoms with Gasteiger partial charge < -0.3 is 9.47 Å². The maximum atomic E-state index is 12.5. The highest BCUT2D eigenvalue weighted by atomic mass is 16.6. The maximum Gasteiger partial charge on any atom is 0.412 e. The zero-order valence-electron chi connectivity index (χ0n) is 13.5. The van der Waals surface area contributed by atoms with E-state index in [2.05, 4.69) is 0 Å². The lowest BCUT2D eigenvalue weighted by Gasteiger charge is -2.34. The van der Waals surface area contributed by atoms with Crippen LogP contribution >= 0.6 is 0 Å². The van der Waals surface area contributed by atoms with Crippen LogP contribution in [0.3, 0.4) is 0 Å². The average Bonchev–Trinajstić information content (AvgIpc) is 2.91. The number of nitrogens with zero attached hydrogens (tertiary/aromatic N) is 1. The summed E-state index contributed by atoms with van der Waals surface area (Å²) in [7, 11) is 0. The Morgan fingerprint density at radius 3 is 2.45 bits per heavy atom. The summed E-state index contributed by atoms with van der Waals surface area (Å²) in [4.78, 5) is 25.7. The fourth-order valence-electron chi connectivity index (χ4n) is 2.50. The molecule has 1 aliphatic rings. The third kappa shape index (κ3) is 3.65. The fourth-order valence-corrected chi connectivity index (χ4v) is 2.50. The molecule has 0 aromatic heterocycles. The zero-order valence-corrected chi connectivity index (χ0v) is 13.5. The Kier molecular flexibility index (Phi) is 4.86. The normalized spacial score (nSPS) is 21.7. The first kappa shape index (κ1) is 16.5. The van der Waals surface area contributed by atoms with Crippen molar-refractivity contribution in [3.63, 3.8) is 0 Å². The summed E-state index contributed by atoms with van der Waals surface area (Å²) in [5, 5.41) is 0. The molecular weight excluding hydrogens is 282 g/mol. The lowest BCUT2D eigenvalue weighted by molar-refractivity contribution is -0.121. The van der Waals surface area contributed by atoms with E-state index in [4.69, 9.17) is 9.47 Å². The number of hydrogen-bond acceptors (Lipinski definition) is 4. The minimum Gasteiger partial charge on any atom is -0.444 e. The first-order chi connectivity index (χ1) is 10.3. The molecule has 1 aromatic carbocycles. The number of carbonyl (C=O) groups excluding carboxylic acids is 2.